The summed E-state index contributed by atoms with van der Waals surface area (Å²) in [5.41, 5.74) is -3.93. The second-order valence-electron chi connectivity index (χ2n) is 5.78. The SMILES string of the molecule is Fc1cc(F)c(C(c2c(F)cc(F)cc2F)c2c(F)cc(F)cc2F)c(F)c1. The Labute approximate surface area is 151 Å². The molecule has 0 unspecified atom stereocenters. The van der Waals surface area contributed by atoms with E-state index in [1.807, 2.05) is 0 Å². The lowest BCUT2D eigenvalue weighted by atomic mass is 9.83. The quantitative estimate of drug-likeness (QED) is 0.363. The van der Waals surface area contributed by atoms with Crippen LogP contribution in [0.15, 0.2) is 36.4 Å². The molecule has 0 saturated heterocycles. The molecule has 3 aromatic rings. The minimum Gasteiger partial charge on any atom is -0.207 e. The molecule has 0 aromatic heterocycles. The summed E-state index contributed by atoms with van der Waals surface area (Å²) >= 11 is 0. The zero-order chi connectivity index (χ0) is 20.7. The molecule has 146 valence electrons. The third kappa shape index (κ3) is 3.44. The van der Waals surface area contributed by atoms with E-state index in [2.05, 4.69) is 0 Å². The maximum absolute atomic E-state index is 14.3. The number of hydrogen-bond acceptors (Lipinski definition) is 0. The van der Waals surface area contributed by atoms with Crippen LogP contribution in [0.4, 0.5) is 39.5 Å². The molecule has 0 heterocycles. The fraction of sp³-hybridized carbons (Fsp3) is 0.0526. The molecule has 3 rings (SSSR count). The molecule has 3 aromatic carbocycles. The molecule has 28 heavy (non-hydrogen) atoms. The topological polar surface area (TPSA) is 0 Å². The fourth-order valence-electron chi connectivity index (χ4n) is 2.92. The zero-order valence-corrected chi connectivity index (χ0v) is 13.4. The smallest absolute Gasteiger partial charge is 0.133 e. The third-order valence-electron chi connectivity index (χ3n) is 4.00. The molecule has 0 N–H and O–H groups in total. The van der Waals surface area contributed by atoms with Gasteiger partial charge >= 0.3 is 0 Å². The molecule has 0 aliphatic rings. The standard InChI is InChI=1S/C19H7F9/c20-7-1-10(23)16(11(24)2-7)19(17-12(25)3-8(21)4-13(17)26)18-14(27)5-9(22)6-15(18)28/h1-6,19H. The van der Waals surface area contributed by atoms with Gasteiger partial charge in [-0.05, 0) is 0 Å². The highest BCUT2D eigenvalue weighted by Crippen LogP contribution is 2.40. The van der Waals surface area contributed by atoms with E-state index < -0.39 is 75.0 Å². The predicted octanol–water partition coefficient (Wildman–Crippen LogP) is 6.12. The Bertz CT molecular complexity index is 869. The van der Waals surface area contributed by atoms with Gasteiger partial charge in [0, 0.05) is 53.1 Å². The van der Waals surface area contributed by atoms with Crippen LogP contribution in [-0.2, 0) is 0 Å². The van der Waals surface area contributed by atoms with Crippen molar-refractivity contribution in [2.24, 2.45) is 0 Å². The maximum Gasteiger partial charge on any atom is 0.133 e. The van der Waals surface area contributed by atoms with E-state index in [-0.39, 0.29) is 36.4 Å². The lowest BCUT2D eigenvalue weighted by Crippen LogP contribution is -2.16. The van der Waals surface area contributed by atoms with Crippen LogP contribution in [-0.4, -0.2) is 0 Å². The summed E-state index contributed by atoms with van der Waals surface area (Å²) in [6.07, 6.45) is 0. The summed E-state index contributed by atoms with van der Waals surface area (Å²) in [6, 6.07) is 0.774. The molecular weight excluding hydrogens is 399 g/mol. The minimum absolute atomic E-state index is 0.129. The van der Waals surface area contributed by atoms with Crippen molar-refractivity contribution in [2.75, 3.05) is 0 Å². The summed E-state index contributed by atoms with van der Waals surface area (Å²) in [6.45, 7) is 0. The summed E-state index contributed by atoms with van der Waals surface area (Å²) in [4.78, 5) is 0. The molecule has 9 heteroatoms. The van der Waals surface area contributed by atoms with Crippen LogP contribution in [0, 0.1) is 52.4 Å². The van der Waals surface area contributed by atoms with Gasteiger partial charge in [0.2, 0.25) is 0 Å². The Morgan fingerprint density at radius 2 is 0.536 bits per heavy atom. The van der Waals surface area contributed by atoms with Crippen LogP contribution >= 0.6 is 0 Å². The highest BCUT2D eigenvalue weighted by Gasteiger charge is 2.34. The van der Waals surface area contributed by atoms with Crippen molar-refractivity contribution in [3.63, 3.8) is 0 Å². The van der Waals surface area contributed by atoms with Gasteiger partial charge in [-0.2, -0.15) is 0 Å². The van der Waals surface area contributed by atoms with E-state index in [1.54, 1.807) is 0 Å². The van der Waals surface area contributed by atoms with Crippen molar-refractivity contribution < 1.29 is 39.5 Å². The molecule has 0 bridgehead atoms. The van der Waals surface area contributed by atoms with Crippen molar-refractivity contribution in [3.05, 3.63) is 105 Å². The molecule has 0 aliphatic heterocycles. The molecule has 0 saturated carbocycles. The first-order chi connectivity index (χ1) is 13.1. The summed E-state index contributed by atoms with van der Waals surface area (Å²) in [7, 11) is 0. The Balaban J connectivity index is 2.45. The average molecular weight is 406 g/mol. The first kappa shape index (κ1) is 19.8. The maximum atomic E-state index is 14.3. The van der Waals surface area contributed by atoms with Crippen molar-refractivity contribution >= 4 is 0 Å². The molecule has 0 fully saturated rings. The van der Waals surface area contributed by atoms with Crippen LogP contribution in [0.2, 0.25) is 0 Å². The van der Waals surface area contributed by atoms with Gasteiger partial charge in [-0.25, -0.2) is 39.5 Å². The van der Waals surface area contributed by atoms with Crippen molar-refractivity contribution in [3.8, 4) is 0 Å². The molecular formula is C19H7F9. The van der Waals surface area contributed by atoms with Crippen molar-refractivity contribution in [1.82, 2.24) is 0 Å². The third-order valence-corrected chi connectivity index (χ3v) is 4.00. The highest BCUT2D eigenvalue weighted by atomic mass is 19.2. The van der Waals surface area contributed by atoms with Crippen LogP contribution in [0.3, 0.4) is 0 Å². The number of halogens is 9. The largest absolute Gasteiger partial charge is 0.207 e. The van der Waals surface area contributed by atoms with Gasteiger partial charge in [-0.1, -0.05) is 0 Å². The summed E-state index contributed by atoms with van der Waals surface area (Å²) < 4.78 is 125. The molecule has 0 nitrogen and oxygen atoms in total. The zero-order valence-electron chi connectivity index (χ0n) is 13.4. The van der Waals surface area contributed by atoms with Crippen LogP contribution in [0.5, 0.6) is 0 Å². The Hall–Kier alpha value is -2.97. The lowest BCUT2D eigenvalue weighted by Gasteiger charge is -2.22. The first-order valence-corrected chi connectivity index (χ1v) is 7.53. The van der Waals surface area contributed by atoms with Crippen molar-refractivity contribution in [2.45, 2.75) is 5.92 Å². The van der Waals surface area contributed by atoms with Gasteiger partial charge < -0.3 is 0 Å². The number of rotatable bonds is 3. The molecule has 0 aliphatic carbocycles. The van der Waals surface area contributed by atoms with E-state index in [4.69, 9.17) is 0 Å². The van der Waals surface area contributed by atoms with Gasteiger partial charge in [-0.15, -0.1) is 0 Å². The molecule has 0 atom stereocenters. The minimum atomic E-state index is -2.48. The Morgan fingerprint density at radius 3 is 0.714 bits per heavy atom. The van der Waals surface area contributed by atoms with Gasteiger partial charge in [-0.3, -0.25) is 0 Å². The second-order valence-corrected chi connectivity index (χ2v) is 5.78. The number of hydrogen-bond donors (Lipinski definition) is 0. The van der Waals surface area contributed by atoms with Gasteiger partial charge in [0.05, 0.1) is 5.92 Å². The van der Waals surface area contributed by atoms with E-state index >= 15 is 0 Å². The Morgan fingerprint density at radius 1 is 0.357 bits per heavy atom. The highest BCUT2D eigenvalue weighted by molar-refractivity contribution is 5.46. The van der Waals surface area contributed by atoms with Crippen molar-refractivity contribution in [1.29, 1.82) is 0 Å². The Kier molecular flexibility index (Phi) is 5.10. The van der Waals surface area contributed by atoms with E-state index in [9.17, 15) is 39.5 Å². The molecule has 0 spiro atoms. The van der Waals surface area contributed by atoms with Crippen LogP contribution in [0.25, 0.3) is 0 Å². The number of benzene rings is 3. The molecule has 0 radical (unpaired) electrons. The second kappa shape index (κ2) is 7.21. The molecule has 0 amide bonds. The van der Waals surface area contributed by atoms with Crippen LogP contribution in [0.1, 0.15) is 22.6 Å². The average Bonchev–Trinajstić information content (AvgIpc) is 2.51. The van der Waals surface area contributed by atoms with E-state index in [1.165, 1.54) is 0 Å². The van der Waals surface area contributed by atoms with Crippen LogP contribution < -0.4 is 0 Å². The fourth-order valence-corrected chi connectivity index (χ4v) is 2.92. The monoisotopic (exact) mass is 406 g/mol. The van der Waals surface area contributed by atoms with E-state index in [0.29, 0.717) is 0 Å². The van der Waals surface area contributed by atoms with Gasteiger partial charge in [0.25, 0.3) is 0 Å². The van der Waals surface area contributed by atoms with Gasteiger partial charge in [0.15, 0.2) is 0 Å². The normalized spacial score (nSPS) is 11.4. The first-order valence-electron chi connectivity index (χ1n) is 7.53. The van der Waals surface area contributed by atoms with Gasteiger partial charge in [0.1, 0.15) is 52.4 Å². The predicted molar refractivity (Wildman–Crippen MR) is 79.9 cm³/mol. The van der Waals surface area contributed by atoms with E-state index in [0.717, 1.165) is 0 Å². The summed E-state index contributed by atoms with van der Waals surface area (Å²) in [5, 5.41) is 0. The summed E-state index contributed by atoms with van der Waals surface area (Å²) in [5.74, 6) is -17.0. The lowest BCUT2D eigenvalue weighted by molar-refractivity contribution is 0.478.